The van der Waals surface area contributed by atoms with Crippen molar-refractivity contribution in [2.45, 2.75) is 13.0 Å². The summed E-state index contributed by atoms with van der Waals surface area (Å²) in [4.78, 5) is 14.2. The molecule has 2 heterocycles. The molecule has 1 aromatic carbocycles. The van der Waals surface area contributed by atoms with Crippen LogP contribution in [-0.4, -0.2) is 45.4 Å². The number of halogens is 1. The molecule has 1 saturated heterocycles. The standard InChI is InChI=1S/C16H18ClN3O2/c17-15-4-2-1-3-13(15)9-20-10-14(7-18-20)16(22)19-6-5-12(8-19)11-21/h1-4,7,10,12,21H,5-6,8-9,11H2. The van der Waals surface area contributed by atoms with Crippen molar-refractivity contribution in [3.8, 4) is 0 Å². The van der Waals surface area contributed by atoms with Gasteiger partial charge in [0, 0.05) is 36.8 Å². The first-order valence-electron chi connectivity index (χ1n) is 7.33. The van der Waals surface area contributed by atoms with E-state index < -0.39 is 0 Å². The van der Waals surface area contributed by atoms with E-state index in [4.69, 9.17) is 16.7 Å². The highest BCUT2D eigenvalue weighted by Gasteiger charge is 2.27. The summed E-state index contributed by atoms with van der Waals surface area (Å²) < 4.78 is 1.72. The number of hydrogen-bond donors (Lipinski definition) is 1. The molecule has 0 spiro atoms. The lowest BCUT2D eigenvalue weighted by Gasteiger charge is -2.14. The Morgan fingerprint density at radius 1 is 1.41 bits per heavy atom. The topological polar surface area (TPSA) is 58.4 Å². The minimum atomic E-state index is -0.0265. The fourth-order valence-electron chi connectivity index (χ4n) is 2.71. The summed E-state index contributed by atoms with van der Waals surface area (Å²) >= 11 is 6.14. The Hall–Kier alpha value is -1.85. The van der Waals surface area contributed by atoms with E-state index >= 15 is 0 Å². The van der Waals surface area contributed by atoms with E-state index in [1.54, 1.807) is 22.0 Å². The third-order valence-electron chi connectivity index (χ3n) is 4.00. The number of amides is 1. The molecule has 1 aliphatic rings. The van der Waals surface area contributed by atoms with Crippen LogP contribution in [0.4, 0.5) is 0 Å². The maximum Gasteiger partial charge on any atom is 0.257 e. The Balaban J connectivity index is 1.69. The molecular weight excluding hydrogens is 302 g/mol. The van der Waals surface area contributed by atoms with Gasteiger partial charge in [0.15, 0.2) is 0 Å². The second-order valence-corrected chi connectivity index (χ2v) is 6.01. The zero-order valence-corrected chi connectivity index (χ0v) is 12.9. The van der Waals surface area contributed by atoms with Crippen molar-refractivity contribution in [3.63, 3.8) is 0 Å². The van der Waals surface area contributed by atoms with Crippen LogP contribution in [0.2, 0.25) is 5.02 Å². The minimum Gasteiger partial charge on any atom is -0.396 e. The lowest BCUT2D eigenvalue weighted by atomic mass is 10.1. The first-order valence-corrected chi connectivity index (χ1v) is 7.71. The van der Waals surface area contributed by atoms with Crippen molar-refractivity contribution in [2.24, 2.45) is 5.92 Å². The summed E-state index contributed by atoms with van der Waals surface area (Å²) in [5.41, 5.74) is 1.54. The van der Waals surface area contributed by atoms with Gasteiger partial charge in [0.05, 0.1) is 18.3 Å². The zero-order valence-electron chi connectivity index (χ0n) is 12.2. The molecule has 2 aromatic rings. The van der Waals surface area contributed by atoms with Gasteiger partial charge in [0.25, 0.3) is 5.91 Å². The molecule has 0 aliphatic carbocycles. The van der Waals surface area contributed by atoms with Crippen molar-refractivity contribution < 1.29 is 9.90 Å². The first kappa shape index (κ1) is 15.1. The summed E-state index contributed by atoms with van der Waals surface area (Å²) in [6.07, 6.45) is 4.19. The van der Waals surface area contributed by atoms with Gasteiger partial charge in [-0.2, -0.15) is 5.10 Å². The van der Waals surface area contributed by atoms with Gasteiger partial charge in [-0.15, -0.1) is 0 Å². The fourth-order valence-corrected chi connectivity index (χ4v) is 2.91. The second-order valence-electron chi connectivity index (χ2n) is 5.61. The number of rotatable bonds is 4. The molecule has 0 saturated carbocycles. The molecular formula is C16H18ClN3O2. The molecule has 116 valence electrons. The monoisotopic (exact) mass is 319 g/mol. The van der Waals surface area contributed by atoms with Crippen molar-refractivity contribution in [1.82, 2.24) is 14.7 Å². The summed E-state index contributed by atoms with van der Waals surface area (Å²) in [7, 11) is 0. The molecule has 3 rings (SSSR count). The first-order chi connectivity index (χ1) is 10.7. The number of aromatic nitrogens is 2. The van der Waals surface area contributed by atoms with E-state index in [-0.39, 0.29) is 18.4 Å². The van der Waals surface area contributed by atoms with Crippen LogP contribution < -0.4 is 0 Å². The molecule has 6 heteroatoms. The van der Waals surface area contributed by atoms with Gasteiger partial charge in [-0.3, -0.25) is 9.48 Å². The van der Waals surface area contributed by atoms with Crippen LogP contribution in [0.3, 0.4) is 0 Å². The van der Waals surface area contributed by atoms with E-state index in [0.29, 0.717) is 30.2 Å². The number of carbonyl (C=O) groups is 1. The van der Waals surface area contributed by atoms with Crippen LogP contribution in [0.1, 0.15) is 22.3 Å². The van der Waals surface area contributed by atoms with Crippen LogP contribution >= 0.6 is 11.6 Å². The van der Waals surface area contributed by atoms with Crippen LogP contribution in [0, 0.1) is 5.92 Å². The van der Waals surface area contributed by atoms with Gasteiger partial charge in [-0.1, -0.05) is 29.8 Å². The highest BCUT2D eigenvalue weighted by molar-refractivity contribution is 6.31. The SMILES string of the molecule is O=C(c1cnn(Cc2ccccc2Cl)c1)N1CCC(CO)C1. The van der Waals surface area contributed by atoms with E-state index in [2.05, 4.69) is 5.10 Å². The smallest absolute Gasteiger partial charge is 0.257 e. The highest BCUT2D eigenvalue weighted by Crippen LogP contribution is 2.19. The van der Waals surface area contributed by atoms with Gasteiger partial charge in [0.1, 0.15) is 0 Å². The number of aliphatic hydroxyl groups is 1. The number of benzene rings is 1. The summed E-state index contributed by atoms with van der Waals surface area (Å²) in [5.74, 6) is 0.170. The van der Waals surface area contributed by atoms with E-state index in [1.165, 1.54) is 0 Å². The summed E-state index contributed by atoms with van der Waals surface area (Å²) in [5, 5.41) is 14.1. The predicted molar refractivity (Wildman–Crippen MR) is 83.9 cm³/mol. The largest absolute Gasteiger partial charge is 0.396 e. The highest BCUT2D eigenvalue weighted by atomic mass is 35.5. The molecule has 0 radical (unpaired) electrons. The molecule has 1 atom stereocenters. The Bertz CT molecular complexity index is 671. The van der Waals surface area contributed by atoms with Gasteiger partial charge >= 0.3 is 0 Å². The van der Waals surface area contributed by atoms with Crippen LogP contribution in [-0.2, 0) is 6.54 Å². The number of carbonyl (C=O) groups excluding carboxylic acids is 1. The van der Waals surface area contributed by atoms with Gasteiger partial charge in [-0.05, 0) is 18.1 Å². The second kappa shape index (κ2) is 6.50. The van der Waals surface area contributed by atoms with Gasteiger partial charge in [-0.25, -0.2) is 0 Å². The van der Waals surface area contributed by atoms with Gasteiger partial charge in [0.2, 0.25) is 0 Å². The number of likely N-dealkylation sites (tertiary alicyclic amines) is 1. The van der Waals surface area contributed by atoms with Crippen LogP contribution in [0.25, 0.3) is 0 Å². The van der Waals surface area contributed by atoms with Crippen molar-refractivity contribution in [2.75, 3.05) is 19.7 Å². The Morgan fingerprint density at radius 2 is 2.23 bits per heavy atom. The number of aliphatic hydroxyl groups excluding tert-OH is 1. The van der Waals surface area contributed by atoms with E-state index in [9.17, 15) is 4.79 Å². The summed E-state index contributed by atoms with van der Waals surface area (Å²) in [6, 6.07) is 7.59. The Labute approximate surface area is 134 Å². The number of hydrogen-bond acceptors (Lipinski definition) is 3. The Kier molecular flexibility index (Phi) is 4.45. The lowest BCUT2D eigenvalue weighted by Crippen LogP contribution is -2.28. The maximum absolute atomic E-state index is 12.4. The molecule has 1 aliphatic heterocycles. The molecule has 1 fully saturated rings. The average molecular weight is 320 g/mol. The molecule has 22 heavy (non-hydrogen) atoms. The summed E-state index contributed by atoms with van der Waals surface area (Å²) in [6.45, 7) is 1.98. The van der Waals surface area contributed by atoms with E-state index in [1.807, 2.05) is 24.3 Å². The molecule has 1 amide bonds. The maximum atomic E-state index is 12.4. The van der Waals surface area contributed by atoms with Crippen LogP contribution in [0.15, 0.2) is 36.7 Å². The third kappa shape index (κ3) is 3.15. The quantitative estimate of drug-likeness (QED) is 0.938. The van der Waals surface area contributed by atoms with Crippen molar-refractivity contribution in [3.05, 3.63) is 52.8 Å². The average Bonchev–Trinajstić information content (AvgIpc) is 3.18. The zero-order chi connectivity index (χ0) is 15.5. The van der Waals surface area contributed by atoms with Gasteiger partial charge < -0.3 is 10.0 Å². The Morgan fingerprint density at radius 3 is 2.95 bits per heavy atom. The molecule has 1 aromatic heterocycles. The minimum absolute atomic E-state index is 0.0265. The lowest BCUT2D eigenvalue weighted by molar-refractivity contribution is 0.0782. The predicted octanol–water partition coefficient (Wildman–Crippen LogP) is 2.04. The normalized spacial score (nSPS) is 17.9. The number of nitrogens with zero attached hydrogens (tertiary/aromatic N) is 3. The molecule has 1 unspecified atom stereocenters. The third-order valence-corrected chi connectivity index (χ3v) is 4.37. The van der Waals surface area contributed by atoms with Crippen LogP contribution in [0.5, 0.6) is 0 Å². The molecule has 1 N–H and O–H groups in total. The van der Waals surface area contributed by atoms with Crippen molar-refractivity contribution in [1.29, 1.82) is 0 Å². The molecule has 5 nitrogen and oxygen atoms in total. The van der Waals surface area contributed by atoms with E-state index in [0.717, 1.165) is 12.0 Å². The fraction of sp³-hybridized carbons (Fsp3) is 0.375. The molecule has 0 bridgehead atoms. The van der Waals surface area contributed by atoms with Crippen molar-refractivity contribution >= 4 is 17.5 Å².